The molecule has 1 rings (SSSR count). The van der Waals surface area contributed by atoms with Crippen LogP contribution in [0.1, 0.15) is 19.4 Å². The van der Waals surface area contributed by atoms with Crippen LogP contribution in [-0.2, 0) is 6.42 Å². The Morgan fingerprint density at radius 3 is 2.35 bits per heavy atom. The molecule has 0 saturated carbocycles. The fraction of sp³-hybridized carbons (Fsp3) is 0.467. The van der Waals surface area contributed by atoms with Crippen molar-refractivity contribution in [2.24, 2.45) is 5.92 Å². The normalized spacial score (nSPS) is 11.8. The number of hydrogen-bond donors (Lipinski definition) is 1. The van der Waals surface area contributed by atoms with E-state index in [1.54, 1.807) is 7.11 Å². The number of methoxy groups -OCH3 is 1. The van der Waals surface area contributed by atoms with E-state index in [0.29, 0.717) is 5.92 Å². The summed E-state index contributed by atoms with van der Waals surface area (Å²) in [5.74, 6) is 7.89. The minimum atomic E-state index is 0.272. The highest BCUT2D eigenvalue weighted by Crippen LogP contribution is 2.11. The van der Waals surface area contributed by atoms with E-state index < -0.39 is 0 Å². The largest absolute Gasteiger partial charge is 0.497 e. The highest BCUT2D eigenvalue weighted by atomic mass is 16.5. The van der Waals surface area contributed by atoms with E-state index in [0.717, 1.165) is 12.2 Å². The second-order valence-corrected chi connectivity index (χ2v) is 4.36. The molecule has 0 spiro atoms. The molecular weight excluding hydrogens is 210 g/mol. The van der Waals surface area contributed by atoms with Gasteiger partial charge in [0, 0.05) is 6.42 Å². The molecule has 0 fully saturated rings. The Hall–Kier alpha value is -1.46. The molecule has 1 atom stereocenters. The maximum atomic E-state index is 5.11. The van der Waals surface area contributed by atoms with E-state index in [4.69, 9.17) is 4.74 Å². The molecule has 1 unspecified atom stereocenters. The van der Waals surface area contributed by atoms with E-state index in [1.807, 2.05) is 19.2 Å². The van der Waals surface area contributed by atoms with Crippen molar-refractivity contribution >= 4 is 0 Å². The van der Waals surface area contributed by atoms with Gasteiger partial charge in [-0.05, 0) is 30.7 Å². The lowest BCUT2D eigenvalue weighted by Crippen LogP contribution is -2.28. The monoisotopic (exact) mass is 231 g/mol. The Bertz CT molecular complexity index is 384. The average Bonchev–Trinajstić information content (AvgIpc) is 2.35. The minimum absolute atomic E-state index is 0.272. The van der Waals surface area contributed by atoms with Crippen molar-refractivity contribution in [1.82, 2.24) is 5.32 Å². The lowest BCUT2D eigenvalue weighted by Gasteiger charge is -2.12. The van der Waals surface area contributed by atoms with Crippen molar-refractivity contribution in [3.05, 3.63) is 29.8 Å². The zero-order chi connectivity index (χ0) is 12.7. The second-order valence-electron chi connectivity index (χ2n) is 4.36. The molecule has 0 bridgehead atoms. The van der Waals surface area contributed by atoms with Gasteiger partial charge >= 0.3 is 0 Å². The van der Waals surface area contributed by atoms with Crippen molar-refractivity contribution in [2.45, 2.75) is 26.3 Å². The third-order valence-corrected chi connectivity index (χ3v) is 2.69. The van der Waals surface area contributed by atoms with Crippen LogP contribution in [0.3, 0.4) is 0 Å². The summed E-state index contributed by atoms with van der Waals surface area (Å²) in [4.78, 5) is 0. The van der Waals surface area contributed by atoms with Gasteiger partial charge in [-0.2, -0.15) is 0 Å². The summed E-state index contributed by atoms with van der Waals surface area (Å²) in [5, 5.41) is 3.21. The van der Waals surface area contributed by atoms with Crippen LogP contribution in [0, 0.1) is 17.8 Å². The standard InChI is InChI=1S/C15H21NO/c1-12(2)15(16-3)7-5-6-13-8-10-14(17-4)11-9-13/h8-12,15-16H,6H2,1-4H3. The van der Waals surface area contributed by atoms with Crippen molar-refractivity contribution < 1.29 is 4.74 Å². The topological polar surface area (TPSA) is 21.3 Å². The Labute approximate surface area is 104 Å². The third-order valence-electron chi connectivity index (χ3n) is 2.69. The molecule has 0 aromatic heterocycles. The highest BCUT2D eigenvalue weighted by molar-refractivity contribution is 5.29. The Morgan fingerprint density at radius 2 is 1.88 bits per heavy atom. The molecule has 1 aromatic rings. The summed E-state index contributed by atoms with van der Waals surface area (Å²) >= 11 is 0. The number of rotatable bonds is 4. The SMILES string of the molecule is CNC(C#CCc1ccc(OC)cc1)C(C)C. The number of ether oxygens (including phenoxy) is 1. The fourth-order valence-electron chi connectivity index (χ4n) is 1.58. The van der Waals surface area contributed by atoms with Gasteiger partial charge in [0.05, 0.1) is 13.2 Å². The molecule has 0 heterocycles. The molecule has 17 heavy (non-hydrogen) atoms. The molecule has 0 saturated heterocycles. The lowest BCUT2D eigenvalue weighted by molar-refractivity contribution is 0.414. The van der Waals surface area contributed by atoms with Crippen molar-refractivity contribution in [1.29, 1.82) is 0 Å². The summed E-state index contributed by atoms with van der Waals surface area (Å²) in [7, 11) is 3.63. The number of hydrogen-bond acceptors (Lipinski definition) is 2. The number of benzene rings is 1. The first-order chi connectivity index (χ1) is 8.17. The van der Waals surface area contributed by atoms with Gasteiger partial charge in [-0.1, -0.05) is 37.8 Å². The van der Waals surface area contributed by atoms with Crippen LogP contribution in [0.2, 0.25) is 0 Å². The Morgan fingerprint density at radius 1 is 1.24 bits per heavy atom. The van der Waals surface area contributed by atoms with Gasteiger partial charge in [0.1, 0.15) is 5.75 Å². The molecule has 1 N–H and O–H groups in total. The zero-order valence-corrected chi connectivity index (χ0v) is 11.1. The van der Waals surface area contributed by atoms with E-state index >= 15 is 0 Å². The van der Waals surface area contributed by atoms with Gasteiger partial charge in [0.25, 0.3) is 0 Å². The van der Waals surface area contributed by atoms with Crippen molar-refractivity contribution in [3.63, 3.8) is 0 Å². The van der Waals surface area contributed by atoms with Crippen LogP contribution in [0.25, 0.3) is 0 Å². The van der Waals surface area contributed by atoms with Crippen LogP contribution >= 0.6 is 0 Å². The molecule has 2 heteroatoms. The van der Waals surface area contributed by atoms with Crippen LogP contribution in [0.4, 0.5) is 0 Å². The lowest BCUT2D eigenvalue weighted by atomic mass is 10.0. The molecule has 0 amide bonds. The second kappa shape index (κ2) is 6.98. The van der Waals surface area contributed by atoms with Crippen molar-refractivity contribution in [3.8, 4) is 17.6 Å². The van der Waals surface area contributed by atoms with Gasteiger partial charge in [0.15, 0.2) is 0 Å². The summed E-state index contributed by atoms with van der Waals surface area (Å²) in [6.07, 6.45) is 0.787. The van der Waals surface area contributed by atoms with Gasteiger partial charge < -0.3 is 10.1 Å². The molecule has 0 aliphatic rings. The number of nitrogens with one attached hydrogen (secondary N) is 1. The highest BCUT2D eigenvalue weighted by Gasteiger charge is 2.05. The first-order valence-electron chi connectivity index (χ1n) is 5.96. The molecule has 2 nitrogen and oxygen atoms in total. The molecule has 92 valence electrons. The van der Waals surface area contributed by atoms with E-state index in [-0.39, 0.29) is 6.04 Å². The maximum absolute atomic E-state index is 5.11. The van der Waals surface area contributed by atoms with Gasteiger partial charge in [0.2, 0.25) is 0 Å². The zero-order valence-electron chi connectivity index (χ0n) is 11.1. The molecule has 0 aliphatic carbocycles. The Balaban J connectivity index is 2.57. The average molecular weight is 231 g/mol. The summed E-state index contributed by atoms with van der Waals surface area (Å²) in [6.45, 7) is 4.34. The van der Waals surface area contributed by atoms with Gasteiger partial charge in [-0.25, -0.2) is 0 Å². The molecule has 0 aliphatic heterocycles. The van der Waals surface area contributed by atoms with E-state index in [9.17, 15) is 0 Å². The van der Waals surface area contributed by atoms with Crippen molar-refractivity contribution in [2.75, 3.05) is 14.2 Å². The summed E-state index contributed by atoms with van der Waals surface area (Å²) in [6, 6.07) is 8.31. The summed E-state index contributed by atoms with van der Waals surface area (Å²) in [5.41, 5.74) is 1.22. The molecule has 1 aromatic carbocycles. The van der Waals surface area contributed by atoms with Crippen LogP contribution in [-0.4, -0.2) is 20.2 Å². The molecular formula is C15H21NO. The smallest absolute Gasteiger partial charge is 0.118 e. The van der Waals surface area contributed by atoms with Crippen LogP contribution < -0.4 is 10.1 Å². The summed E-state index contributed by atoms with van der Waals surface area (Å²) < 4.78 is 5.11. The first-order valence-corrected chi connectivity index (χ1v) is 5.96. The third kappa shape index (κ3) is 4.50. The fourth-order valence-corrected chi connectivity index (χ4v) is 1.58. The van der Waals surface area contributed by atoms with Crippen LogP contribution in [0.15, 0.2) is 24.3 Å². The van der Waals surface area contributed by atoms with Gasteiger partial charge in [-0.15, -0.1) is 0 Å². The quantitative estimate of drug-likeness (QED) is 0.804. The van der Waals surface area contributed by atoms with Crippen LogP contribution in [0.5, 0.6) is 5.75 Å². The maximum Gasteiger partial charge on any atom is 0.118 e. The first kappa shape index (κ1) is 13.6. The molecule has 0 radical (unpaired) electrons. The van der Waals surface area contributed by atoms with Gasteiger partial charge in [-0.3, -0.25) is 0 Å². The predicted molar refractivity (Wildman–Crippen MR) is 72.2 cm³/mol. The predicted octanol–water partition coefficient (Wildman–Crippen LogP) is 2.49. The Kier molecular flexibility index (Phi) is 5.59. The minimum Gasteiger partial charge on any atom is -0.497 e. The van der Waals surface area contributed by atoms with E-state index in [2.05, 4.69) is 43.1 Å². The van der Waals surface area contributed by atoms with E-state index in [1.165, 1.54) is 5.56 Å².